The van der Waals surface area contributed by atoms with Gasteiger partial charge in [-0.25, -0.2) is 0 Å². The number of aromatic nitrogens is 4. The number of hydrogen-bond acceptors (Lipinski definition) is 7. The minimum Gasteiger partial charge on any atom is -0.497 e. The number of rotatable bonds is 9. The molecule has 4 aromatic rings. The number of nitrogens with one attached hydrogen (secondary N) is 1. The SMILES string of the molecule is CCCn1c(=O)c2sccc2n2c(CCCC(=O)Nc3cc(OC)ccc3OC)nnc12. The zero-order chi connectivity index (χ0) is 22.7. The van der Waals surface area contributed by atoms with Crippen molar-refractivity contribution in [3.05, 3.63) is 45.8 Å². The number of thiophene rings is 1. The van der Waals surface area contributed by atoms with E-state index in [0.717, 1.165) is 17.8 Å². The monoisotopic (exact) mass is 455 g/mol. The molecule has 4 rings (SSSR count). The molecule has 0 saturated heterocycles. The first kappa shape index (κ1) is 21.8. The number of hydrogen-bond donors (Lipinski definition) is 1. The highest BCUT2D eigenvalue weighted by Crippen LogP contribution is 2.29. The van der Waals surface area contributed by atoms with Gasteiger partial charge < -0.3 is 14.8 Å². The Kier molecular flexibility index (Phi) is 6.40. The molecule has 32 heavy (non-hydrogen) atoms. The molecular weight excluding hydrogens is 430 g/mol. The minimum absolute atomic E-state index is 0.0325. The third-order valence-electron chi connectivity index (χ3n) is 5.21. The zero-order valence-corrected chi connectivity index (χ0v) is 19.1. The van der Waals surface area contributed by atoms with Crippen molar-refractivity contribution in [3.63, 3.8) is 0 Å². The Hall–Kier alpha value is -3.40. The largest absolute Gasteiger partial charge is 0.497 e. The molecule has 0 radical (unpaired) electrons. The maximum absolute atomic E-state index is 12.8. The van der Waals surface area contributed by atoms with E-state index in [1.807, 2.05) is 22.8 Å². The van der Waals surface area contributed by atoms with Crippen LogP contribution in [0, 0.1) is 0 Å². The van der Waals surface area contributed by atoms with Gasteiger partial charge in [0.2, 0.25) is 11.7 Å². The van der Waals surface area contributed by atoms with Gasteiger partial charge in [-0.15, -0.1) is 21.5 Å². The standard InChI is InChI=1S/C22H25N5O4S/c1-4-11-26-21(29)20-16(10-12-32-20)27-18(24-25-22(26)27)6-5-7-19(28)23-15-13-14(30-2)8-9-17(15)31-3/h8-10,12-13H,4-7,11H2,1-3H3,(H,23,28). The summed E-state index contributed by atoms with van der Waals surface area (Å²) in [6, 6.07) is 7.16. The zero-order valence-electron chi connectivity index (χ0n) is 18.3. The third-order valence-corrected chi connectivity index (χ3v) is 6.10. The van der Waals surface area contributed by atoms with Crippen molar-refractivity contribution in [2.24, 2.45) is 0 Å². The van der Waals surface area contributed by atoms with Crippen LogP contribution in [0.15, 0.2) is 34.4 Å². The lowest BCUT2D eigenvalue weighted by Gasteiger charge is -2.11. The van der Waals surface area contributed by atoms with E-state index in [-0.39, 0.29) is 11.5 Å². The van der Waals surface area contributed by atoms with Crippen LogP contribution in [0.5, 0.6) is 11.5 Å². The molecule has 0 atom stereocenters. The predicted molar refractivity (Wildman–Crippen MR) is 124 cm³/mol. The molecule has 0 saturated carbocycles. The molecule has 9 nitrogen and oxygen atoms in total. The van der Waals surface area contributed by atoms with E-state index in [9.17, 15) is 9.59 Å². The Labute approximate surface area is 188 Å². The maximum atomic E-state index is 12.8. The van der Waals surface area contributed by atoms with Crippen LogP contribution in [0.25, 0.3) is 16.0 Å². The first-order valence-electron chi connectivity index (χ1n) is 10.4. The Bertz CT molecular complexity index is 1320. The number of fused-ring (bicyclic) bond motifs is 3. The Morgan fingerprint density at radius 2 is 2.03 bits per heavy atom. The van der Waals surface area contributed by atoms with Crippen LogP contribution in [0.2, 0.25) is 0 Å². The molecule has 168 valence electrons. The van der Waals surface area contributed by atoms with Crippen LogP contribution in [-0.4, -0.2) is 39.3 Å². The van der Waals surface area contributed by atoms with Crippen molar-refractivity contribution in [3.8, 4) is 11.5 Å². The molecule has 0 unspecified atom stereocenters. The molecule has 0 spiro atoms. The van der Waals surface area contributed by atoms with Gasteiger partial charge in [0.25, 0.3) is 5.56 Å². The van der Waals surface area contributed by atoms with E-state index in [0.29, 0.717) is 53.5 Å². The van der Waals surface area contributed by atoms with Crippen molar-refractivity contribution in [1.82, 2.24) is 19.2 Å². The second-order valence-corrected chi connectivity index (χ2v) is 8.23. The summed E-state index contributed by atoms with van der Waals surface area (Å²) in [4.78, 5) is 25.3. The van der Waals surface area contributed by atoms with Crippen LogP contribution in [0.4, 0.5) is 5.69 Å². The number of nitrogens with zero attached hydrogens (tertiary/aromatic N) is 4. The van der Waals surface area contributed by atoms with Gasteiger partial charge in [0.15, 0.2) is 0 Å². The smallest absolute Gasteiger partial charge is 0.272 e. The lowest BCUT2D eigenvalue weighted by Crippen LogP contribution is -2.22. The summed E-state index contributed by atoms with van der Waals surface area (Å²) in [5, 5.41) is 13.4. The molecule has 0 bridgehead atoms. The molecular formula is C22H25N5O4S. The first-order chi connectivity index (χ1) is 15.6. The summed E-state index contributed by atoms with van der Waals surface area (Å²) in [6.07, 6.45) is 2.26. The molecule has 0 aliphatic carbocycles. The average Bonchev–Trinajstić information content (AvgIpc) is 3.44. The molecule has 10 heteroatoms. The topological polar surface area (TPSA) is 99.8 Å². The molecule has 0 fully saturated rings. The van der Waals surface area contributed by atoms with Crippen molar-refractivity contribution >= 4 is 38.9 Å². The molecule has 0 aliphatic rings. The van der Waals surface area contributed by atoms with Gasteiger partial charge in [-0.1, -0.05) is 6.92 Å². The van der Waals surface area contributed by atoms with Crippen LogP contribution in [0.3, 0.4) is 0 Å². The summed E-state index contributed by atoms with van der Waals surface area (Å²) in [7, 11) is 3.12. The minimum atomic E-state index is -0.131. The summed E-state index contributed by atoms with van der Waals surface area (Å²) in [5.74, 6) is 2.35. The fourth-order valence-corrected chi connectivity index (χ4v) is 4.52. The van der Waals surface area contributed by atoms with Gasteiger partial charge >= 0.3 is 0 Å². The lowest BCUT2D eigenvalue weighted by molar-refractivity contribution is -0.116. The van der Waals surface area contributed by atoms with E-state index in [1.165, 1.54) is 11.3 Å². The van der Waals surface area contributed by atoms with Crippen molar-refractivity contribution < 1.29 is 14.3 Å². The molecule has 1 amide bonds. The normalized spacial score (nSPS) is 11.2. The number of carbonyl (C=O) groups is 1. The van der Waals surface area contributed by atoms with Gasteiger partial charge in [-0.2, -0.15) is 0 Å². The van der Waals surface area contributed by atoms with E-state index in [2.05, 4.69) is 15.5 Å². The maximum Gasteiger partial charge on any atom is 0.272 e. The van der Waals surface area contributed by atoms with E-state index in [4.69, 9.17) is 9.47 Å². The fraction of sp³-hybridized carbons (Fsp3) is 0.364. The number of ether oxygens (including phenoxy) is 2. The fourth-order valence-electron chi connectivity index (χ4n) is 3.70. The van der Waals surface area contributed by atoms with Crippen molar-refractivity contribution in [2.45, 2.75) is 39.2 Å². The highest BCUT2D eigenvalue weighted by Gasteiger charge is 2.17. The average molecular weight is 456 g/mol. The van der Waals surface area contributed by atoms with Crippen LogP contribution >= 0.6 is 11.3 Å². The Balaban J connectivity index is 1.51. The first-order valence-corrected chi connectivity index (χ1v) is 11.3. The van der Waals surface area contributed by atoms with E-state index < -0.39 is 0 Å². The number of amides is 1. The van der Waals surface area contributed by atoms with Crippen LogP contribution in [0.1, 0.15) is 32.0 Å². The van der Waals surface area contributed by atoms with Gasteiger partial charge in [0.1, 0.15) is 22.0 Å². The van der Waals surface area contributed by atoms with Crippen molar-refractivity contribution in [1.29, 1.82) is 0 Å². The molecule has 1 N–H and O–H groups in total. The quantitative estimate of drug-likeness (QED) is 0.415. The highest BCUT2D eigenvalue weighted by atomic mass is 32.1. The third kappa shape index (κ3) is 4.05. The van der Waals surface area contributed by atoms with Crippen LogP contribution < -0.4 is 20.3 Å². The number of aryl methyl sites for hydroxylation is 2. The highest BCUT2D eigenvalue weighted by molar-refractivity contribution is 7.17. The number of methoxy groups -OCH3 is 2. The van der Waals surface area contributed by atoms with Gasteiger partial charge in [-0.3, -0.25) is 18.6 Å². The number of carbonyl (C=O) groups excluding carboxylic acids is 1. The van der Waals surface area contributed by atoms with Gasteiger partial charge in [0, 0.05) is 25.5 Å². The van der Waals surface area contributed by atoms with Crippen LogP contribution in [-0.2, 0) is 17.8 Å². The molecule has 1 aromatic carbocycles. The summed E-state index contributed by atoms with van der Waals surface area (Å²) >= 11 is 1.42. The Morgan fingerprint density at radius 1 is 1.19 bits per heavy atom. The van der Waals surface area contributed by atoms with Crippen molar-refractivity contribution in [2.75, 3.05) is 19.5 Å². The summed E-state index contributed by atoms with van der Waals surface area (Å²) < 4.78 is 14.8. The second kappa shape index (κ2) is 9.39. The number of benzene rings is 1. The molecule has 0 aliphatic heterocycles. The Morgan fingerprint density at radius 3 is 2.78 bits per heavy atom. The predicted octanol–water partition coefficient (Wildman–Crippen LogP) is 3.49. The van der Waals surface area contributed by atoms with E-state index >= 15 is 0 Å². The van der Waals surface area contributed by atoms with Gasteiger partial charge in [-0.05, 0) is 36.4 Å². The van der Waals surface area contributed by atoms with E-state index in [1.54, 1.807) is 37.0 Å². The second-order valence-electron chi connectivity index (χ2n) is 7.31. The summed E-state index contributed by atoms with van der Waals surface area (Å²) in [6.45, 7) is 2.61. The molecule has 3 aromatic heterocycles. The number of anilines is 1. The lowest BCUT2D eigenvalue weighted by atomic mass is 10.2. The summed E-state index contributed by atoms with van der Waals surface area (Å²) in [5.41, 5.74) is 1.34. The van der Waals surface area contributed by atoms with Gasteiger partial charge in [0.05, 0.1) is 25.4 Å². The molecule has 3 heterocycles.